The molecule has 6 bridgehead atoms. The molecule has 0 aliphatic carbocycles. The molecule has 8 rings (SSSR count). The van der Waals surface area contributed by atoms with Crippen LogP contribution >= 0.6 is 0 Å². The summed E-state index contributed by atoms with van der Waals surface area (Å²) in [5.41, 5.74) is 8.71. The molecule has 1 unspecified atom stereocenters. The van der Waals surface area contributed by atoms with Crippen LogP contribution in [0.2, 0.25) is 0 Å². The van der Waals surface area contributed by atoms with Gasteiger partial charge in [0, 0.05) is 36.1 Å². The first-order valence-electron chi connectivity index (χ1n) is 17.7. The van der Waals surface area contributed by atoms with Gasteiger partial charge in [-0.1, -0.05) is 24.3 Å². The molecule has 52 heavy (non-hydrogen) atoms. The Morgan fingerprint density at radius 3 is 2.27 bits per heavy atom. The van der Waals surface area contributed by atoms with Gasteiger partial charge in [0.1, 0.15) is 5.75 Å². The van der Waals surface area contributed by atoms with E-state index in [1.165, 1.54) is 11.1 Å². The predicted octanol–water partition coefficient (Wildman–Crippen LogP) is 8.60. The van der Waals surface area contributed by atoms with Gasteiger partial charge in [-0.2, -0.15) is 0 Å². The number of hydrogen-bond donors (Lipinski definition) is 0. The van der Waals surface area contributed by atoms with Crippen molar-refractivity contribution in [2.45, 2.75) is 51.9 Å². The summed E-state index contributed by atoms with van der Waals surface area (Å²) in [7, 11) is 8.84. The molecule has 1 aromatic heterocycles. The zero-order valence-electron chi connectivity index (χ0n) is 30.8. The highest BCUT2D eigenvalue weighted by Gasteiger charge is 2.36. The van der Waals surface area contributed by atoms with E-state index in [4.69, 9.17) is 33.2 Å². The average molecular weight is 703 g/mol. The minimum atomic E-state index is -0.0917. The Labute approximate surface area is 306 Å². The second-order valence-corrected chi connectivity index (χ2v) is 13.3. The van der Waals surface area contributed by atoms with Gasteiger partial charge in [-0.3, -0.25) is 9.88 Å². The second kappa shape index (κ2) is 15.6. The zero-order valence-corrected chi connectivity index (χ0v) is 30.8. The van der Waals surface area contributed by atoms with Crippen LogP contribution in [0.5, 0.6) is 46.0 Å². The molecule has 3 aliphatic heterocycles. The number of nitrogens with zero attached hydrogens (tertiary/aromatic N) is 2. The monoisotopic (exact) mass is 702 g/mol. The predicted molar refractivity (Wildman–Crippen MR) is 200 cm³/mol. The third-order valence-corrected chi connectivity index (χ3v) is 10.2. The molecular formula is C43H46N2O7. The Bertz CT molecular complexity index is 2030. The van der Waals surface area contributed by atoms with Crippen LogP contribution in [0.4, 0.5) is 0 Å². The van der Waals surface area contributed by atoms with E-state index in [0.717, 1.165) is 64.9 Å². The van der Waals surface area contributed by atoms with Crippen molar-refractivity contribution in [3.05, 3.63) is 124 Å². The van der Waals surface area contributed by atoms with Gasteiger partial charge in [0.15, 0.2) is 34.5 Å². The lowest BCUT2D eigenvalue weighted by Crippen LogP contribution is -2.34. The zero-order chi connectivity index (χ0) is 36.2. The Kier molecular flexibility index (Phi) is 10.5. The van der Waals surface area contributed by atoms with Gasteiger partial charge in [0.05, 0.1) is 41.7 Å². The van der Waals surface area contributed by atoms with Gasteiger partial charge < -0.3 is 33.2 Å². The lowest BCUT2D eigenvalue weighted by atomic mass is 9.84. The number of aryl methyl sites for hydroxylation is 3. The van der Waals surface area contributed by atoms with Gasteiger partial charge in [0.25, 0.3) is 0 Å². The number of likely N-dealkylation sites (N-methyl/N-ethyl adjacent to an activating group) is 1. The smallest absolute Gasteiger partial charge is 0.204 e. The Hall–Kier alpha value is -5.25. The topological polar surface area (TPSA) is 80.7 Å². The number of methoxy groups -OCH3 is 4. The number of ether oxygens (including phenoxy) is 7. The quantitative estimate of drug-likeness (QED) is 0.158. The van der Waals surface area contributed by atoms with E-state index >= 15 is 0 Å². The number of hydrogen-bond acceptors (Lipinski definition) is 9. The number of rotatable bonds is 8. The molecule has 1 atom stereocenters. The second-order valence-electron chi connectivity index (χ2n) is 13.3. The van der Waals surface area contributed by atoms with Crippen LogP contribution in [0, 0.1) is 6.92 Å². The largest absolute Gasteiger partial charge is 0.493 e. The van der Waals surface area contributed by atoms with Gasteiger partial charge in [-0.15, -0.1) is 0 Å². The number of fused-ring (bicyclic) bond motifs is 3. The average Bonchev–Trinajstić information content (AvgIpc) is 3.16. The summed E-state index contributed by atoms with van der Waals surface area (Å²) in [6, 6.07) is 22.4. The number of aromatic nitrogens is 1. The summed E-state index contributed by atoms with van der Waals surface area (Å²) in [6.07, 6.45) is 6.69. The number of benzene rings is 4. The maximum absolute atomic E-state index is 7.08. The highest BCUT2D eigenvalue weighted by Crippen LogP contribution is 2.53. The molecule has 0 spiro atoms. The molecule has 9 heteroatoms. The SMILES string of the molecule is COc1ccc2cc1Oc1ccc(cc1)CCc1cc(c(OC)cc1C)Oc1c(OC)c(OC)c(COCc3cccnc3)c3c1C(C2)N(C)CC3. The highest BCUT2D eigenvalue weighted by molar-refractivity contribution is 5.67. The van der Waals surface area contributed by atoms with Gasteiger partial charge in [0.2, 0.25) is 5.75 Å². The van der Waals surface area contributed by atoms with Crippen LogP contribution in [-0.2, 0) is 43.6 Å². The van der Waals surface area contributed by atoms with Gasteiger partial charge in [-0.25, -0.2) is 0 Å². The first-order valence-corrected chi connectivity index (χ1v) is 17.7. The lowest BCUT2D eigenvalue weighted by molar-refractivity contribution is 0.103. The first kappa shape index (κ1) is 35.2. The summed E-state index contributed by atoms with van der Waals surface area (Å²) in [5.74, 6) is 5.08. The number of pyridine rings is 1. The van der Waals surface area contributed by atoms with Crippen molar-refractivity contribution in [3.8, 4) is 46.0 Å². The fourth-order valence-electron chi connectivity index (χ4n) is 7.37. The van der Waals surface area contributed by atoms with Crippen LogP contribution in [0.3, 0.4) is 0 Å². The van der Waals surface area contributed by atoms with Crippen LogP contribution < -0.4 is 28.4 Å². The summed E-state index contributed by atoms with van der Waals surface area (Å²) >= 11 is 0. The van der Waals surface area contributed by atoms with E-state index in [0.29, 0.717) is 59.9 Å². The third-order valence-electron chi connectivity index (χ3n) is 10.2. The Balaban J connectivity index is 1.42. The Morgan fingerprint density at radius 2 is 1.54 bits per heavy atom. The van der Waals surface area contributed by atoms with Crippen molar-refractivity contribution in [1.29, 1.82) is 0 Å². The van der Waals surface area contributed by atoms with Crippen LogP contribution in [-0.4, -0.2) is 51.9 Å². The molecule has 0 N–H and O–H groups in total. The van der Waals surface area contributed by atoms with E-state index in [9.17, 15) is 0 Å². The van der Waals surface area contributed by atoms with E-state index < -0.39 is 0 Å². The molecular weight excluding hydrogens is 656 g/mol. The van der Waals surface area contributed by atoms with Crippen LogP contribution in [0.1, 0.15) is 50.5 Å². The van der Waals surface area contributed by atoms with E-state index in [-0.39, 0.29) is 6.04 Å². The molecule has 0 radical (unpaired) electrons. The summed E-state index contributed by atoms with van der Waals surface area (Å²) in [4.78, 5) is 6.63. The third kappa shape index (κ3) is 7.11. The van der Waals surface area contributed by atoms with E-state index in [1.54, 1.807) is 34.6 Å². The molecule has 5 aromatic rings. The minimum Gasteiger partial charge on any atom is -0.493 e. The maximum Gasteiger partial charge on any atom is 0.204 e. The molecule has 270 valence electrons. The molecule has 4 aromatic carbocycles. The summed E-state index contributed by atoms with van der Waals surface area (Å²) in [6.45, 7) is 3.68. The van der Waals surface area contributed by atoms with Gasteiger partial charge in [-0.05, 0) is 115 Å². The summed E-state index contributed by atoms with van der Waals surface area (Å²) < 4.78 is 44.0. The first-order chi connectivity index (χ1) is 25.4. The van der Waals surface area contributed by atoms with Crippen molar-refractivity contribution >= 4 is 0 Å². The van der Waals surface area contributed by atoms with E-state index in [2.05, 4.69) is 60.3 Å². The highest BCUT2D eigenvalue weighted by atomic mass is 16.5. The minimum absolute atomic E-state index is 0.0917. The van der Waals surface area contributed by atoms with E-state index in [1.807, 2.05) is 36.5 Å². The fraction of sp³-hybridized carbons (Fsp3) is 0.326. The van der Waals surface area contributed by atoms with Gasteiger partial charge >= 0.3 is 0 Å². The molecule has 0 saturated carbocycles. The fourth-order valence-corrected chi connectivity index (χ4v) is 7.37. The van der Waals surface area contributed by atoms with Crippen molar-refractivity contribution in [1.82, 2.24) is 9.88 Å². The molecule has 0 saturated heterocycles. The van der Waals surface area contributed by atoms with Crippen molar-refractivity contribution in [2.24, 2.45) is 0 Å². The Morgan fingerprint density at radius 1 is 0.769 bits per heavy atom. The van der Waals surface area contributed by atoms with Crippen LogP contribution in [0.25, 0.3) is 0 Å². The maximum atomic E-state index is 7.08. The molecule has 9 nitrogen and oxygen atoms in total. The standard InChI is InChI=1S/C43H46N2O7/c1-27-20-37(47-4)39-23-31(27)13-9-28-10-14-32(15-11-28)51-38-22-29(12-16-36(38)46-3)21-35-40-33(17-19-45(35)2)34(26-50-25-30-8-7-18-44-24-30)41(48-5)43(49-6)42(40)52-39/h7-8,10-12,14-16,18,20,22-24,35H,9,13,17,19,21,25-26H2,1-6H3. The molecule has 3 aliphatic rings. The molecule has 0 fully saturated rings. The van der Waals surface area contributed by atoms with Crippen molar-refractivity contribution < 1.29 is 33.2 Å². The molecule has 0 amide bonds. The van der Waals surface area contributed by atoms with Crippen molar-refractivity contribution in [2.75, 3.05) is 42.0 Å². The van der Waals surface area contributed by atoms with Crippen molar-refractivity contribution in [3.63, 3.8) is 0 Å². The summed E-state index contributed by atoms with van der Waals surface area (Å²) in [5, 5.41) is 0. The lowest BCUT2D eigenvalue weighted by Gasteiger charge is -2.38. The molecule has 4 heterocycles. The normalized spacial score (nSPS) is 15.4. The van der Waals surface area contributed by atoms with Crippen LogP contribution in [0.15, 0.2) is 79.1 Å².